The van der Waals surface area contributed by atoms with Gasteiger partial charge in [0.15, 0.2) is 0 Å². The SMILES string of the molecule is CCC1CCCC1Nc1ccc(Cl)c([N+](=O)[O-])c1. The van der Waals surface area contributed by atoms with Crippen molar-refractivity contribution in [1.82, 2.24) is 0 Å². The minimum Gasteiger partial charge on any atom is -0.382 e. The minimum absolute atomic E-state index is 0.0345. The maximum atomic E-state index is 10.8. The van der Waals surface area contributed by atoms with Crippen molar-refractivity contribution in [3.8, 4) is 0 Å². The van der Waals surface area contributed by atoms with Gasteiger partial charge in [0.25, 0.3) is 5.69 Å². The van der Waals surface area contributed by atoms with Crippen LogP contribution in [0.1, 0.15) is 32.6 Å². The summed E-state index contributed by atoms with van der Waals surface area (Å²) < 4.78 is 0. The second kappa shape index (κ2) is 5.57. The van der Waals surface area contributed by atoms with Crippen LogP contribution in [0, 0.1) is 16.0 Å². The standard InChI is InChI=1S/C13H17ClN2O2/c1-2-9-4-3-5-12(9)15-10-6-7-11(14)13(8-10)16(17)18/h6-9,12,15H,2-5H2,1H3. The van der Waals surface area contributed by atoms with Crippen molar-refractivity contribution in [2.75, 3.05) is 5.32 Å². The molecular weight excluding hydrogens is 252 g/mol. The maximum Gasteiger partial charge on any atom is 0.289 e. The van der Waals surface area contributed by atoms with Crippen LogP contribution in [0.4, 0.5) is 11.4 Å². The van der Waals surface area contributed by atoms with E-state index in [9.17, 15) is 10.1 Å². The summed E-state index contributed by atoms with van der Waals surface area (Å²) in [7, 11) is 0. The molecule has 2 atom stereocenters. The Hall–Kier alpha value is -1.29. The predicted molar refractivity (Wildman–Crippen MR) is 73.1 cm³/mol. The van der Waals surface area contributed by atoms with Gasteiger partial charge < -0.3 is 5.32 Å². The number of nitrogens with zero attached hydrogens (tertiary/aromatic N) is 1. The zero-order valence-corrected chi connectivity index (χ0v) is 11.1. The molecule has 1 fully saturated rings. The molecule has 98 valence electrons. The largest absolute Gasteiger partial charge is 0.382 e. The van der Waals surface area contributed by atoms with Crippen LogP contribution >= 0.6 is 11.6 Å². The normalized spacial score (nSPS) is 23.0. The molecule has 1 aliphatic rings. The molecule has 4 nitrogen and oxygen atoms in total. The second-order valence-electron chi connectivity index (χ2n) is 4.77. The van der Waals surface area contributed by atoms with Crippen molar-refractivity contribution in [1.29, 1.82) is 0 Å². The number of nitro benzene ring substituents is 1. The Bertz CT molecular complexity index is 451. The zero-order valence-electron chi connectivity index (χ0n) is 10.4. The first-order valence-electron chi connectivity index (χ1n) is 6.32. The van der Waals surface area contributed by atoms with Crippen LogP contribution in [0.3, 0.4) is 0 Å². The van der Waals surface area contributed by atoms with Crippen molar-refractivity contribution in [3.63, 3.8) is 0 Å². The Morgan fingerprint density at radius 3 is 2.94 bits per heavy atom. The van der Waals surface area contributed by atoms with Crippen molar-refractivity contribution >= 4 is 23.0 Å². The monoisotopic (exact) mass is 268 g/mol. The van der Waals surface area contributed by atoms with Gasteiger partial charge in [0.05, 0.1) is 4.92 Å². The Morgan fingerprint density at radius 1 is 1.50 bits per heavy atom. The molecule has 0 heterocycles. The third-order valence-electron chi connectivity index (χ3n) is 3.68. The van der Waals surface area contributed by atoms with E-state index in [1.165, 1.54) is 18.9 Å². The molecule has 1 saturated carbocycles. The highest BCUT2D eigenvalue weighted by Crippen LogP contribution is 2.33. The van der Waals surface area contributed by atoms with Crippen LogP contribution < -0.4 is 5.32 Å². The Labute approximate surface area is 111 Å². The van der Waals surface area contributed by atoms with E-state index in [0.717, 1.165) is 18.5 Å². The molecule has 0 radical (unpaired) electrons. The molecule has 1 aromatic rings. The van der Waals surface area contributed by atoms with Gasteiger partial charge in [-0.3, -0.25) is 10.1 Å². The number of benzene rings is 1. The molecule has 2 unspecified atom stereocenters. The molecule has 1 aliphatic carbocycles. The lowest BCUT2D eigenvalue weighted by atomic mass is 10.0. The first-order valence-corrected chi connectivity index (χ1v) is 6.70. The number of hydrogen-bond donors (Lipinski definition) is 1. The zero-order chi connectivity index (χ0) is 13.1. The molecule has 5 heteroatoms. The van der Waals surface area contributed by atoms with Crippen LogP contribution in [-0.2, 0) is 0 Å². The molecule has 0 saturated heterocycles. The summed E-state index contributed by atoms with van der Waals surface area (Å²) in [5, 5.41) is 14.4. The van der Waals surface area contributed by atoms with E-state index in [4.69, 9.17) is 11.6 Å². The van der Waals surface area contributed by atoms with E-state index < -0.39 is 4.92 Å². The van der Waals surface area contributed by atoms with Crippen molar-refractivity contribution in [3.05, 3.63) is 33.3 Å². The van der Waals surface area contributed by atoms with E-state index in [2.05, 4.69) is 12.2 Å². The van der Waals surface area contributed by atoms with Crippen LogP contribution in [0.25, 0.3) is 0 Å². The van der Waals surface area contributed by atoms with Crippen molar-refractivity contribution in [2.24, 2.45) is 5.92 Å². The summed E-state index contributed by atoms with van der Waals surface area (Å²) >= 11 is 5.79. The van der Waals surface area contributed by atoms with Crippen LogP contribution in [0.15, 0.2) is 18.2 Å². The van der Waals surface area contributed by atoms with Gasteiger partial charge in [-0.1, -0.05) is 31.4 Å². The molecule has 0 spiro atoms. The van der Waals surface area contributed by atoms with E-state index >= 15 is 0 Å². The molecule has 0 bridgehead atoms. The lowest BCUT2D eigenvalue weighted by Gasteiger charge is -2.20. The second-order valence-corrected chi connectivity index (χ2v) is 5.18. The Kier molecular flexibility index (Phi) is 4.07. The van der Waals surface area contributed by atoms with Crippen LogP contribution in [0.2, 0.25) is 5.02 Å². The van der Waals surface area contributed by atoms with Crippen LogP contribution in [0.5, 0.6) is 0 Å². The summed E-state index contributed by atoms with van der Waals surface area (Å²) in [4.78, 5) is 10.4. The van der Waals surface area contributed by atoms with Gasteiger partial charge in [-0.15, -0.1) is 0 Å². The molecule has 0 aromatic heterocycles. The minimum atomic E-state index is -0.445. The smallest absolute Gasteiger partial charge is 0.289 e. The first-order chi connectivity index (χ1) is 8.61. The van der Waals surface area contributed by atoms with Gasteiger partial charge in [-0.05, 0) is 30.9 Å². The topological polar surface area (TPSA) is 55.2 Å². The molecule has 0 aliphatic heterocycles. The predicted octanol–water partition coefficient (Wildman–Crippen LogP) is 4.24. The van der Waals surface area contributed by atoms with Crippen LogP contribution in [-0.4, -0.2) is 11.0 Å². The van der Waals surface area contributed by atoms with E-state index in [1.54, 1.807) is 12.1 Å². The summed E-state index contributed by atoms with van der Waals surface area (Å²) in [5.41, 5.74) is 0.754. The molecule has 1 N–H and O–H groups in total. The molecule has 2 rings (SSSR count). The van der Waals surface area contributed by atoms with Gasteiger partial charge >= 0.3 is 0 Å². The maximum absolute atomic E-state index is 10.8. The number of rotatable bonds is 4. The fourth-order valence-electron chi connectivity index (χ4n) is 2.67. The summed E-state index contributed by atoms with van der Waals surface area (Å²) in [6, 6.07) is 5.34. The first kappa shape index (κ1) is 13.1. The lowest BCUT2D eigenvalue weighted by molar-refractivity contribution is -0.384. The van der Waals surface area contributed by atoms with Gasteiger partial charge in [0.1, 0.15) is 5.02 Å². The Balaban J connectivity index is 2.14. The fraction of sp³-hybridized carbons (Fsp3) is 0.538. The molecule has 1 aromatic carbocycles. The number of nitro groups is 1. The average Bonchev–Trinajstić information content (AvgIpc) is 2.78. The van der Waals surface area contributed by atoms with Crippen molar-refractivity contribution in [2.45, 2.75) is 38.6 Å². The van der Waals surface area contributed by atoms with Gasteiger partial charge in [-0.2, -0.15) is 0 Å². The molecular formula is C13H17ClN2O2. The third-order valence-corrected chi connectivity index (χ3v) is 4.00. The highest BCUT2D eigenvalue weighted by molar-refractivity contribution is 6.32. The molecule has 18 heavy (non-hydrogen) atoms. The number of anilines is 1. The van der Waals surface area contributed by atoms with E-state index in [-0.39, 0.29) is 10.7 Å². The highest BCUT2D eigenvalue weighted by atomic mass is 35.5. The summed E-state index contributed by atoms with van der Waals surface area (Å²) in [5.74, 6) is 0.666. The average molecular weight is 269 g/mol. The number of nitrogens with one attached hydrogen (secondary N) is 1. The number of hydrogen-bond acceptors (Lipinski definition) is 3. The van der Waals surface area contributed by atoms with E-state index in [1.807, 2.05) is 0 Å². The van der Waals surface area contributed by atoms with Crippen molar-refractivity contribution < 1.29 is 4.92 Å². The fourth-order valence-corrected chi connectivity index (χ4v) is 2.86. The Morgan fingerprint density at radius 2 is 2.28 bits per heavy atom. The van der Waals surface area contributed by atoms with E-state index in [0.29, 0.717) is 12.0 Å². The number of halogens is 1. The summed E-state index contributed by atoms with van der Waals surface area (Å²) in [6.07, 6.45) is 4.75. The highest BCUT2D eigenvalue weighted by Gasteiger charge is 2.26. The third kappa shape index (κ3) is 2.75. The van der Waals surface area contributed by atoms with Gasteiger partial charge in [0, 0.05) is 17.8 Å². The quantitative estimate of drug-likeness (QED) is 0.656. The molecule has 0 amide bonds. The summed E-state index contributed by atoms with van der Waals surface area (Å²) in [6.45, 7) is 2.19. The van der Waals surface area contributed by atoms with Gasteiger partial charge in [-0.25, -0.2) is 0 Å². The van der Waals surface area contributed by atoms with Gasteiger partial charge in [0.2, 0.25) is 0 Å². The lowest BCUT2D eigenvalue weighted by Crippen LogP contribution is -2.23.